The maximum atomic E-state index is 12.0. The van der Waals surface area contributed by atoms with Crippen LogP contribution in [-0.4, -0.2) is 59.9 Å². The molecule has 6 heteroatoms. The standard InChI is InChI=1S/C18H28N2O4/c21-16-7-3-8-17(22)20(16)12-9-18(23)24-13-14-5-4-11-19-10-2-1-6-15(14)19/h14-15H,1-13H2/t14-,15+/m1/s1. The average Bonchev–Trinajstić information content (AvgIpc) is 2.59. The highest BCUT2D eigenvalue weighted by molar-refractivity contribution is 5.97. The Labute approximate surface area is 143 Å². The Balaban J connectivity index is 1.42. The van der Waals surface area contributed by atoms with E-state index in [1.54, 1.807) is 0 Å². The van der Waals surface area contributed by atoms with E-state index in [1.807, 2.05) is 0 Å². The van der Waals surface area contributed by atoms with E-state index in [2.05, 4.69) is 4.90 Å². The van der Waals surface area contributed by atoms with Crippen molar-refractivity contribution in [3.8, 4) is 0 Å². The molecule has 0 unspecified atom stereocenters. The number of ether oxygens (including phenoxy) is 1. The summed E-state index contributed by atoms with van der Waals surface area (Å²) < 4.78 is 5.48. The maximum Gasteiger partial charge on any atom is 0.307 e. The summed E-state index contributed by atoms with van der Waals surface area (Å²) in [4.78, 5) is 39.2. The van der Waals surface area contributed by atoms with Gasteiger partial charge in [-0.15, -0.1) is 0 Å². The van der Waals surface area contributed by atoms with E-state index >= 15 is 0 Å². The molecule has 0 aliphatic carbocycles. The number of likely N-dealkylation sites (tertiary alicyclic amines) is 1. The van der Waals surface area contributed by atoms with Crippen LogP contribution in [0.2, 0.25) is 0 Å². The van der Waals surface area contributed by atoms with Gasteiger partial charge in [0.2, 0.25) is 11.8 Å². The molecule has 3 saturated heterocycles. The van der Waals surface area contributed by atoms with E-state index in [1.165, 1.54) is 43.7 Å². The highest BCUT2D eigenvalue weighted by Crippen LogP contribution is 2.31. The molecule has 3 rings (SSSR count). The number of fused-ring (bicyclic) bond motifs is 1. The Hall–Kier alpha value is -1.43. The first-order valence-corrected chi connectivity index (χ1v) is 9.38. The van der Waals surface area contributed by atoms with E-state index in [0.717, 1.165) is 6.42 Å². The highest BCUT2D eigenvalue weighted by Gasteiger charge is 2.33. The number of rotatable bonds is 5. The minimum atomic E-state index is -0.297. The van der Waals surface area contributed by atoms with Gasteiger partial charge < -0.3 is 4.74 Å². The third-order valence-electron chi connectivity index (χ3n) is 5.61. The van der Waals surface area contributed by atoms with E-state index in [9.17, 15) is 14.4 Å². The lowest BCUT2D eigenvalue weighted by molar-refractivity contribution is -0.151. The van der Waals surface area contributed by atoms with Gasteiger partial charge in [0.15, 0.2) is 0 Å². The van der Waals surface area contributed by atoms with Crippen molar-refractivity contribution in [2.24, 2.45) is 5.92 Å². The Bertz CT molecular complexity index is 475. The van der Waals surface area contributed by atoms with Gasteiger partial charge in [-0.3, -0.25) is 24.2 Å². The molecule has 2 amide bonds. The van der Waals surface area contributed by atoms with Crippen molar-refractivity contribution in [2.45, 2.75) is 63.8 Å². The van der Waals surface area contributed by atoms with Crippen LogP contribution in [0.4, 0.5) is 0 Å². The molecular formula is C18H28N2O4. The number of amides is 2. The van der Waals surface area contributed by atoms with Gasteiger partial charge in [0.1, 0.15) is 0 Å². The zero-order chi connectivity index (χ0) is 16.9. The molecule has 0 N–H and O–H groups in total. The summed E-state index contributed by atoms with van der Waals surface area (Å²) in [5.74, 6) is -0.191. The fourth-order valence-corrected chi connectivity index (χ4v) is 4.30. The lowest BCUT2D eigenvalue weighted by atomic mass is 9.84. The summed E-state index contributed by atoms with van der Waals surface area (Å²) in [6.45, 7) is 2.99. The van der Waals surface area contributed by atoms with Gasteiger partial charge in [-0.05, 0) is 45.2 Å². The molecule has 6 nitrogen and oxygen atoms in total. The SMILES string of the molecule is O=C(CCN1C(=O)CCCC1=O)OC[C@H]1CCCN2CCCC[C@@H]12. The van der Waals surface area contributed by atoms with Crippen molar-refractivity contribution in [1.29, 1.82) is 0 Å². The summed E-state index contributed by atoms with van der Waals surface area (Å²) in [7, 11) is 0. The molecule has 0 aromatic carbocycles. The van der Waals surface area contributed by atoms with Crippen LogP contribution in [0.15, 0.2) is 0 Å². The minimum absolute atomic E-state index is 0.110. The number of carbonyl (C=O) groups excluding carboxylic acids is 3. The van der Waals surface area contributed by atoms with Gasteiger partial charge in [0.25, 0.3) is 0 Å². The van der Waals surface area contributed by atoms with Crippen molar-refractivity contribution < 1.29 is 19.1 Å². The van der Waals surface area contributed by atoms with E-state index < -0.39 is 0 Å². The maximum absolute atomic E-state index is 12.0. The minimum Gasteiger partial charge on any atom is -0.465 e. The predicted octanol–water partition coefficient (Wildman–Crippen LogP) is 1.72. The Morgan fingerprint density at radius 3 is 2.54 bits per heavy atom. The van der Waals surface area contributed by atoms with Crippen LogP contribution in [0, 0.1) is 5.92 Å². The number of esters is 1. The monoisotopic (exact) mass is 336 g/mol. The molecule has 0 radical (unpaired) electrons. The molecule has 0 saturated carbocycles. The van der Waals surface area contributed by atoms with Crippen LogP contribution < -0.4 is 0 Å². The van der Waals surface area contributed by atoms with Crippen molar-refractivity contribution >= 4 is 17.8 Å². The first-order chi connectivity index (χ1) is 11.6. The van der Waals surface area contributed by atoms with Crippen LogP contribution in [0.3, 0.4) is 0 Å². The van der Waals surface area contributed by atoms with E-state index in [0.29, 0.717) is 37.8 Å². The first kappa shape index (κ1) is 17.4. The molecule has 3 fully saturated rings. The summed E-state index contributed by atoms with van der Waals surface area (Å²) in [5.41, 5.74) is 0. The number of nitrogens with zero attached hydrogens (tertiary/aromatic N) is 2. The Morgan fingerprint density at radius 2 is 1.75 bits per heavy atom. The smallest absolute Gasteiger partial charge is 0.307 e. The zero-order valence-corrected chi connectivity index (χ0v) is 14.4. The van der Waals surface area contributed by atoms with Crippen molar-refractivity contribution in [3.63, 3.8) is 0 Å². The number of piperidine rings is 3. The second-order valence-corrected chi connectivity index (χ2v) is 7.23. The molecule has 24 heavy (non-hydrogen) atoms. The molecule has 3 heterocycles. The second-order valence-electron chi connectivity index (χ2n) is 7.23. The predicted molar refractivity (Wildman–Crippen MR) is 88.1 cm³/mol. The van der Waals surface area contributed by atoms with Gasteiger partial charge in [-0.1, -0.05) is 6.42 Å². The Kier molecular flexibility index (Phi) is 5.87. The average molecular weight is 336 g/mol. The summed E-state index contributed by atoms with van der Waals surface area (Å²) >= 11 is 0. The fourth-order valence-electron chi connectivity index (χ4n) is 4.30. The Morgan fingerprint density at radius 1 is 1.00 bits per heavy atom. The summed E-state index contributed by atoms with van der Waals surface area (Å²) in [6.07, 6.45) is 7.59. The lowest BCUT2D eigenvalue weighted by Crippen LogP contribution is -2.49. The third-order valence-corrected chi connectivity index (χ3v) is 5.61. The second kappa shape index (κ2) is 8.10. The number of carbonyl (C=O) groups is 3. The molecule has 0 aromatic rings. The summed E-state index contributed by atoms with van der Waals surface area (Å²) in [5, 5.41) is 0. The van der Waals surface area contributed by atoms with Crippen LogP contribution in [0.5, 0.6) is 0 Å². The van der Waals surface area contributed by atoms with Crippen LogP contribution in [-0.2, 0) is 19.1 Å². The molecular weight excluding hydrogens is 308 g/mol. The molecule has 0 spiro atoms. The van der Waals surface area contributed by atoms with Gasteiger partial charge in [-0.25, -0.2) is 0 Å². The van der Waals surface area contributed by atoms with E-state index in [4.69, 9.17) is 4.74 Å². The van der Waals surface area contributed by atoms with Crippen LogP contribution in [0.25, 0.3) is 0 Å². The molecule has 0 bridgehead atoms. The largest absolute Gasteiger partial charge is 0.465 e. The van der Waals surface area contributed by atoms with Crippen molar-refractivity contribution in [1.82, 2.24) is 9.80 Å². The number of hydrogen-bond acceptors (Lipinski definition) is 5. The first-order valence-electron chi connectivity index (χ1n) is 9.38. The van der Waals surface area contributed by atoms with Crippen LogP contribution >= 0.6 is 0 Å². The van der Waals surface area contributed by atoms with Crippen LogP contribution in [0.1, 0.15) is 57.8 Å². The number of hydrogen-bond donors (Lipinski definition) is 0. The zero-order valence-electron chi connectivity index (χ0n) is 14.4. The number of imide groups is 1. The van der Waals surface area contributed by atoms with Gasteiger partial charge >= 0.3 is 5.97 Å². The molecule has 2 atom stereocenters. The molecule has 3 aliphatic heterocycles. The highest BCUT2D eigenvalue weighted by atomic mass is 16.5. The van der Waals surface area contributed by atoms with Crippen molar-refractivity contribution in [3.05, 3.63) is 0 Å². The van der Waals surface area contributed by atoms with Gasteiger partial charge in [-0.2, -0.15) is 0 Å². The lowest BCUT2D eigenvalue weighted by Gasteiger charge is -2.44. The molecule has 3 aliphatic rings. The molecule has 134 valence electrons. The fraction of sp³-hybridized carbons (Fsp3) is 0.833. The summed E-state index contributed by atoms with van der Waals surface area (Å²) in [6, 6.07) is 0.561. The quantitative estimate of drug-likeness (QED) is 0.565. The van der Waals surface area contributed by atoms with E-state index in [-0.39, 0.29) is 30.7 Å². The third kappa shape index (κ3) is 4.15. The molecule has 0 aromatic heterocycles. The normalized spacial score (nSPS) is 28.6. The van der Waals surface area contributed by atoms with Crippen molar-refractivity contribution in [2.75, 3.05) is 26.2 Å². The topological polar surface area (TPSA) is 66.9 Å². The van der Waals surface area contributed by atoms with Gasteiger partial charge in [0, 0.05) is 31.3 Å². The van der Waals surface area contributed by atoms with Gasteiger partial charge in [0.05, 0.1) is 13.0 Å².